The van der Waals surface area contributed by atoms with E-state index in [4.69, 9.17) is 0 Å². The molecule has 0 aromatic heterocycles. The van der Waals surface area contributed by atoms with E-state index in [0.717, 1.165) is 6.54 Å². The molecule has 70 valence electrons. The van der Waals surface area contributed by atoms with Crippen LogP contribution in [0.4, 0.5) is 0 Å². The van der Waals surface area contributed by atoms with Crippen molar-refractivity contribution in [1.82, 2.24) is 10.2 Å². The molecule has 2 nitrogen and oxygen atoms in total. The number of nitrogens with one attached hydrogen (secondary N) is 1. The molecule has 0 saturated carbocycles. The quantitative estimate of drug-likeness (QED) is 0.634. The fourth-order valence-corrected chi connectivity index (χ4v) is 1.15. The first kappa shape index (κ1) is 10.9. The molecule has 0 aromatic rings. The summed E-state index contributed by atoms with van der Waals surface area (Å²) < 4.78 is 0. The van der Waals surface area contributed by atoms with Gasteiger partial charge < -0.3 is 10.2 Å². The normalized spacial score (nSPS) is 13.9. The van der Waals surface area contributed by atoms with Gasteiger partial charge in [0, 0.05) is 7.47 Å². The van der Waals surface area contributed by atoms with Crippen LogP contribution in [0.15, 0.2) is 0 Å². The van der Waals surface area contributed by atoms with E-state index in [1.807, 2.05) is 0 Å². The smallest absolute Gasteiger partial charge is 0.00764 e. The summed E-state index contributed by atoms with van der Waals surface area (Å²) in [6, 6.07) is 0.711. The van der Waals surface area contributed by atoms with Crippen molar-refractivity contribution in [3.8, 4) is 0 Å². The maximum absolute atomic E-state index is 3.46. The third-order valence-electron chi connectivity index (χ3n) is 1.91. The lowest BCUT2D eigenvalue weighted by atomic mass is 10.1. The van der Waals surface area contributed by atoms with Gasteiger partial charge in [-0.15, -0.1) is 0 Å². The summed E-state index contributed by atoms with van der Waals surface area (Å²) in [5.74, 6) is 0. The van der Waals surface area contributed by atoms with Crippen molar-refractivity contribution in [3.63, 3.8) is 0 Å². The van der Waals surface area contributed by atoms with Crippen molar-refractivity contribution < 1.29 is 1.43 Å². The Labute approximate surface area is 72.5 Å². The molecule has 0 rings (SSSR count). The van der Waals surface area contributed by atoms with Crippen molar-refractivity contribution in [2.75, 3.05) is 27.2 Å². The second-order valence-electron chi connectivity index (χ2n) is 3.25. The van der Waals surface area contributed by atoms with Gasteiger partial charge in [-0.3, -0.25) is 0 Å². The standard InChI is InChI=1S/C9H22N2.H2/c1-5-9(10-6-2)7-8-11(3)4;/h9-10H,5-8H2,1-4H3;1H. The molecule has 0 aliphatic heterocycles. The van der Waals surface area contributed by atoms with Gasteiger partial charge in [0.25, 0.3) is 0 Å². The Morgan fingerprint density at radius 2 is 2.00 bits per heavy atom. The van der Waals surface area contributed by atoms with Gasteiger partial charge in [-0.25, -0.2) is 0 Å². The summed E-state index contributed by atoms with van der Waals surface area (Å²) in [6.07, 6.45) is 2.50. The third kappa shape index (κ3) is 6.32. The second kappa shape index (κ2) is 6.62. The summed E-state index contributed by atoms with van der Waals surface area (Å²) in [4.78, 5) is 2.24. The molecule has 2 heteroatoms. The molecular formula is C9H24N2. The van der Waals surface area contributed by atoms with E-state index in [-0.39, 0.29) is 1.43 Å². The van der Waals surface area contributed by atoms with Gasteiger partial charge in [0.15, 0.2) is 0 Å². The van der Waals surface area contributed by atoms with Gasteiger partial charge in [0.05, 0.1) is 0 Å². The van der Waals surface area contributed by atoms with E-state index in [1.54, 1.807) is 0 Å². The molecule has 0 fully saturated rings. The topological polar surface area (TPSA) is 15.3 Å². The molecule has 0 bridgehead atoms. The minimum atomic E-state index is 0. The molecule has 0 spiro atoms. The first-order valence-electron chi connectivity index (χ1n) is 4.58. The highest BCUT2D eigenvalue weighted by molar-refractivity contribution is 4.64. The van der Waals surface area contributed by atoms with Gasteiger partial charge in [-0.05, 0) is 40.0 Å². The second-order valence-corrected chi connectivity index (χ2v) is 3.25. The molecule has 11 heavy (non-hydrogen) atoms. The summed E-state index contributed by atoms with van der Waals surface area (Å²) in [5.41, 5.74) is 0. The molecule has 0 aliphatic carbocycles. The Kier molecular flexibility index (Phi) is 6.57. The lowest BCUT2D eigenvalue weighted by Gasteiger charge is -2.18. The summed E-state index contributed by atoms with van der Waals surface area (Å²) >= 11 is 0. The Morgan fingerprint density at radius 3 is 2.36 bits per heavy atom. The highest BCUT2D eigenvalue weighted by atomic mass is 15.1. The van der Waals surface area contributed by atoms with Crippen LogP contribution in [-0.4, -0.2) is 38.1 Å². The van der Waals surface area contributed by atoms with E-state index in [9.17, 15) is 0 Å². The van der Waals surface area contributed by atoms with Crippen molar-refractivity contribution >= 4 is 0 Å². The molecule has 1 atom stereocenters. The predicted molar refractivity (Wildman–Crippen MR) is 53.0 cm³/mol. The van der Waals surface area contributed by atoms with E-state index >= 15 is 0 Å². The first-order valence-corrected chi connectivity index (χ1v) is 4.58. The monoisotopic (exact) mass is 160 g/mol. The zero-order valence-corrected chi connectivity index (χ0v) is 8.35. The minimum Gasteiger partial charge on any atom is -0.314 e. The Morgan fingerprint density at radius 1 is 1.36 bits per heavy atom. The van der Waals surface area contributed by atoms with Crippen molar-refractivity contribution in [3.05, 3.63) is 0 Å². The summed E-state index contributed by atoms with van der Waals surface area (Å²) in [7, 11) is 4.25. The van der Waals surface area contributed by atoms with Crippen LogP contribution in [0.3, 0.4) is 0 Å². The van der Waals surface area contributed by atoms with E-state index < -0.39 is 0 Å². The average Bonchev–Trinajstić information content (AvgIpc) is 1.97. The summed E-state index contributed by atoms with van der Waals surface area (Å²) in [6.45, 7) is 6.68. The molecule has 0 amide bonds. The molecular weight excluding hydrogens is 136 g/mol. The zero-order chi connectivity index (χ0) is 8.69. The van der Waals surface area contributed by atoms with Gasteiger partial charge in [0.1, 0.15) is 0 Å². The van der Waals surface area contributed by atoms with E-state index in [0.29, 0.717) is 6.04 Å². The Bertz CT molecular complexity index is 86.6. The maximum atomic E-state index is 3.46. The number of hydrogen-bond donors (Lipinski definition) is 1. The predicted octanol–water partition coefficient (Wildman–Crippen LogP) is 1.57. The number of rotatable bonds is 6. The highest BCUT2D eigenvalue weighted by Gasteiger charge is 2.03. The van der Waals surface area contributed by atoms with Crippen molar-refractivity contribution in [1.29, 1.82) is 0 Å². The lowest BCUT2D eigenvalue weighted by molar-refractivity contribution is 0.356. The van der Waals surface area contributed by atoms with Crippen molar-refractivity contribution in [2.24, 2.45) is 0 Å². The lowest BCUT2D eigenvalue weighted by Crippen LogP contribution is -2.31. The molecule has 0 aromatic carbocycles. The van der Waals surface area contributed by atoms with Crippen LogP contribution < -0.4 is 5.32 Å². The van der Waals surface area contributed by atoms with Crippen LogP contribution in [-0.2, 0) is 0 Å². The Balaban J connectivity index is 0. The van der Waals surface area contributed by atoms with E-state index in [2.05, 4.69) is 38.2 Å². The van der Waals surface area contributed by atoms with Crippen LogP contribution in [0, 0.1) is 0 Å². The fraction of sp³-hybridized carbons (Fsp3) is 1.00. The highest BCUT2D eigenvalue weighted by Crippen LogP contribution is 1.97. The summed E-state index contributed by atoms with van der Waals surface area (Å²) in [5, 5.41) is 3.46. The van der Waals surface area contributed by atoms with Gasteiger partial charge in [0.2, 0.25) is 0 Å². The van der Waals surface area contributed by atoms with E-state index in [1.165, 1.54) is 19.4 Å². The molecule has 0 aliphatic rings. The molecule has 1 N–H and O–H groups in total. The van der Waals surface area contributed by atoms with Crippen LogP contribution in [0.1, 0.15) is 28.1 Å². The molecule has 1 unspecified atom stereocenters. The number of hydrogen-bond acceptors (Lipinski definition) is 2. The number of nitrogens with zero attached hydrogens (tertiary/aromatic N) is 1. The maximum Gasteiger partial charge on any atom is 0.00764 e. The van der Waals surface area contributed by atoms with Crippen molar-refractivity contribution in [2.45, 2.75) is 32.7 Å². The fourth-order valence-electron chi connectivity index (χ4n) is 1.15. The molecule has 0 saturated heterocycles. The van der Waals surface area contributed by atoms with Crippen LogP contribution in [0.2, 0.25) is 0 Å². The van der Waals surface area contributed by atoms with Crippen LogP contribution >= 0.6 is 0 Å². The van der Waals surface area contributed by atoms with Gasteiger partial charge in [-0.2, -0.15) is 0 Å². The van der Waals surface area contributed by atoms with Gasteiger partial charge >= 0.3 is 0 Å². The van der Waals surface area contributed by atoms with Crippen LogP contribution in [0.25, 0.3) is 0 Å². The zero-order valence-electron chi connectivity index (χ0n) is 8.35. The largest absolute Gasteiger partial charge is 0.314 e. The third-order valence-corrected chi connectivity index (χ3v) is 1.91. The average molecular weight is 160 g/mol. The van der Waals surface area contributed by atoms with Gasteiger partial charge in [-0.1, -0.05) is 13.8 Å². The molecule has 0 heterocycles. The Hall–Kier alpha value is -0.0800. The minimum absolute atomic E-state index is 0. The first-order chi connectivity index (χ1) is 5.20. The van der Waals surface area contributed by atoms with Crippen LogP contribution in [0.5, 0.6) is 0 Å². The SMILES string of the molecule is CCNC(CC)CCN(C)C.[HH]. The molecule has 0 radical (unpaired) electrons.